The van der Waals surface area contributed by atoms with Crippen molar-refractivity contribution in [1.82, 2.24) is 19.4 Å². The topological polar surface area (TPSA) is 72.3 Å². The van der Waals surface area contributed by atoms with Crippen LogP contribution in [0.1, 0.15) is 24.7 Å². The number of hydrogen-bond donors (Lipinski definition) is 1. The fourth-order valence-corrected chi connectivity index (χ4v) is 3.26. The van der Waals surface area contributed by atoms with Gasteiger partial charge in [0.1, 0.15) is 18.2 Å². The number of hydrogen-bond acceptors (Lipinski definition) is 5. The summed E-state index contributed by atoms with van der Waals surface area (Å²) < 4.78 is 7.81. The Bertz CT molecular complexity index is 730. The Morgan fingerprint density at radius 3 is 3.08 bits per heavy atom. The van der Waals surface area contributed by atoms with Crippen LogP contribution in [0, 0.1) is 0 Å². The third-order valence-corrected chi connectivity index (χ3v) is 4.75. The van der Waals surface area contributed by atoms with Gasteiger partial charge in [-0.05, 0) is 30.5 Å². The molecule has 140 valence electrons. The van der Waals surface area contributed by atoms with Crippen LogP contribution >= 0.6 is 0 Å². The molecule has 1 aliphatic heterocycles. The summed E-state index contributed by atoms with van der Waals surface area (Å²) in [6, 6.07) is 4.08. The fraction of sp³-hybridized carbons (Fsp3) is 0.526. The Balaban J connectivity index is 1.52. The summed E-state index contributed by atoms with van der Waals surface area (Å²) >= 11 is 0. The van der Waals surface area contributed by atoms with E-state index in [1.807, 2.05) is 41.9 Å². The third kappa shape index (κ3) is 4.60. The number of anilines is 1. The van der Waals surface area contributed by atoms with Crippen molar-refractivity contribution in [3.05, 3.63) is 42.1 Å². The van der Waals surface area contributed by atoms with Crippen molar-refractivity contribution < 1.29 is 9.53 Å². The van der Waals surface area contributed by atoms with Crippen LogP contribution < -0.4 is 5.32 Å². The minimum atomic E-state index is 0.0762. The van der Waals surface area contributed by atoms with Gasteiger partial charge in [-0.3, -0.25) is 4.79 Å². The van der Waals surface area contributed by atoms with Crippen LogP contribution in [0.3, 0.4) is 0 Å². The standard InChI is InChI=1S/C19H27N5O2/c1-3-18-22-8-9-23(18)14-19(25)24-10-11-26-16(13-24)5-4-15-6-7-21-17(12-15)20-2/h6-9,12,16H,3-5,10-11,13-14H2,1-2H3,(H,20,21)/t16-/m0/s1. The average molecular weight is 357 g/mol. The molecule has 2 aromatic rings. The van der Waals surface area contributed by atoms with Gasteiger partial charge >= 0.3 is 0 Å². The van der Waals surface area contributed by atoms with Gasteiger partial charge in [0.05, 0.1) is 12.7 Å². The van der Waals surface area contributed by atoms with Crippen molar-refractivity contribution in [1.29, 1.82) is 0 Å². The molecule has 1 amide bonds. The van der Waals surface area contributed by atoms with E-state index < -0.39 is 0 Å². The zero-order valence-electron chi connectivity index (χ0n) is 15.5. The van der Waals surface area contributed by atoms with Gasteiger partial charge in [0, 0.05) is 45.1 Å². The molecule has 0 unspecified atom stereocenters. The van der Waals surface area contributed by atoms with E-state index in [2.05, 4.69) is 21.4 Å². The highest BCUT2D eigenvalue weighted by Gasteiger charge is 2.24. The zero-order chi connectivity index (χ0) is 18.4. The number of aromatic nitrogens is 3. The molecule has 7 heteroatoms. The molecule has 1 atom stereocenters. The molecule has 1 aliphatic rings. The highest BCUT2D eigenvalue weighted by Crippen LogP contribution is 2.15. The highest BCUT2D eigenvalue weighted by atomic mass is 16.5. The lowest BCUT2D eigenvalue weighted by molar-refractivity contribution is -0.139. The number of aryl methyl sites for hydroxylation is 2. The van der Waals surface area contributed by atoms with E-state index >= 15 is 0 Å². The molecule has 0 bridgehead atoms. The molecular weight excluding hydrogens is 330 g/mol. The maximum Gasteiger partial charge on any atom is 0.242 e. The summed E-state index contributed by atoms with van der Waals surface area (Å²) in [4.78, 5) is 23.1. The second-order valence-electron chi connectivity index (χ2n) is 6.50. The third-order valence-electron chi connectivity index (χ3n) is 4.75. The first-order valence-corrected chi connectivity index (χ1v) is 9.21. The molecule has 26 heavy (non-hydrogen) atoms. The summed E-state index contributed by atoms with van der Waals surface area (Å²) in [6.45, 7) is 4.31. The molecule has 0 spiro atoms. The average Bonchev–Trinajstić information content (AvgIpc) is 3.14. The molecule has 0 aliphatic carbocycles. The quantitative estimate of drug-likeness (QED) is 0.817. The molecule has 0 aromatic carbocycles. The Kier molecular flexibility index (Phi) is 6.22. The summed E-state index contributed by atoms with van der Waals surface area (Å²) in [5, 5.41) is 3.05. The van der Waals surface area contributed by atoms with Gasteiger partial charge < -0.3 is 19.5 Å². The Morgan fingerprint density at radius 1 is 1.38 bits per heavy atom. The number of nitrogens with one attached hydrogen (secondary N) is 1. The van der Waals surface area contributed by atoms with Crippen LogP contribution in [0.2, 0.25) is 0 Å². The molecule has 3 heterocycles. The van der Waals surface area contributed by atoms with Crippen molar-refractivity contribution in [3.8, 4) is 0 Å². The number of pyridine rings is 1. The number of imidazole rings is 1. The fourth-order valence-electron chi connectivity index (χ4n) is 3.26. The maximum atomic E-state index is 12.6. The van der Waals surface area contributed by atoms with E-state index in [9.17, 15) is 4.79 Å². The van der Waals surface area contributed by atoms with Crippen molar-refractivity contribution in [2.75, 3.05) is 32.1 Å². The van der Waals surface area contributed by atoms with E-state index in [1.165, 1.54) is 5.56 Å². The second kappa shape index (κ2) is 8.80. The van der Waals surface area contributed by atoms with Gasteiger partial charge in [-0.2, -0.15) is 0 Å². The Labute approximate surface area is 154 Å². The molecule has 0 saturated carbocycles. The SMILES string of the molecule is CCc1nccn1CC(=O)N1CCO[C@@H](CCc2ccnc(NC)c2)C1. The van der Waals surface area contributed by atoms with Gasteiger partial charge in [-0.25, -0.2) is 9.97 Å². The zero-order valence-corrected chi connectivity index (χ0v) is 15.5. The van der Waals surface area contributed by atoms with E-state index in [-0.39, 0.29) is 12.0 Å². The van der Waals surface area contributed by atoms with Crippen molar-refractivity contribution >= 4 is 11.7 Å². The van der Waals surface area contributed by atoms with E-state index in [4.69, 9.17) is 4.74 Å². The molecular formula is C19H27N5O2. The summed E-state index contributed by atoms with van der Waals surface area (Å²) in [7, 11) is 1.87. The van der Waals surface area contributed by atoms with Gasteiger partial charge in [-0.15, -0.1) is 0 Å². The van der Waals surface area contributed by atoms with Gasteiger partial charge in [-0.1, -0.05) is 6.92 Å². The van der Waals surface area contributed by atoms with Gasteiger partial charge in [0.15, 0.2) is 0 Å². The number of carbonyl (C=O) groups excluding carboxylic acids is 1. The summed E-state index contributed by atoms with van der Waals surface area (Å²) in [5.74, 6) is 1.95. The van der Waals surface area contributed by atoms with Crippen molar-refractivity contribution in [2.24, 2.45) is 0 Å². The Hall–Kier alpha value is -2.41. The molecule has 7 nitrogen and oxygen atoms in total. The normalized spacial score (nSPS) is 17.3. The monoisotopic (exact) mass is 357 g/mol. The van der Waals surface area contributed by atoms with Crippen LogP contribution in [-0.4, -0.2) is 58.2 Å². The molecule has 0 radical (unpaired) electrons. The van der Waals surface area contributed by atoms with Crippen LogP contribution in [0.25, 0.3) is 0 Å². The lowest BCUT2D eigenvalue weighted by atomic mass is 10.1. The minimum Gasteiger partial charge on any atom is -0.375 e. The first-order valence-electron chi connectivity index (χ1n) is 9.21. The molecule has 1 N–H and O–H groups in total. The number of ether oxygens (including phenoxy) is 1. The lowest BCUT2D eigenvalue weighted by Gasteiger charge is -2.33. The smallest absolute Gasteiger partial charge is 0.242 e. The summed E-state index contributed by atoms with van der Waals surface area (Å²) in [6.07, 6.45) is 8.14. The number of amides is 1. The van der Waals surface area contributed by atoms with Gasteiger partial charge in [0.25, 0.3) is 0 Å². The first-order chi connectivity index (χ1) is 12.7. The largest absolute Gasteiger partial charge is 0.375 e. The first kappa shape index (κ1) is 18.4. The predicted octanol–water partition coefficient (Wildman–Crippen LogP) is 1.74. The van der Waals surface area contributed by atoms with E-state index in [1.54, 1.807) is 6.20 Å². The van der Waals surface area contributed by atoms with Crippen LogP contribution in [0.4, 0.5) is 5.82 Å². The van der Waals surface area contributed by atoms with E-state index in [0.29, 0.717) is 26.2 Å². The second-order valence-corrected chi connectivity index (χ2v) is 6.50. The van der Waals surface area contributed by atoms with Crippen molar-refractivity contribution in [2.45, 2.75) is 38.8 Å². The lowest BCUT2D eigenvalue weighted by Crippen LogP contribution is -2.46. The van der Waals surface area contributed by atoms with Crippen LogP contribution in [0.15, 0.2) is 30.7 Å². The highest BCUT2D eigenvalue weighted by molar-refractivity contribution is 5.76. The summed E-state index contributed by atoms with van der Waals surface area (Å²) in [5.41, 5.74) is 1.22. The van der Waals surface area contributed by atoms with Crippen molar-refractivity contribution in [3.63, 3.8) is 0 Å². The van der Waals surface area contributed by atoms with Gasteiger partial charge in [0.2, 0.25) is 5.91 Å². The van der Waals surface area contributed by atoms with E-state index in [0.717, 1.165) is 30.9 Å². The molecule has 2 aromatic heterocycles. The maximum absolute atomic E-state index is 12.6. The number of carbonyl (C=O) groups is 1. The minimum absolute atomic E-state index is 0.0762. The Morgan fingerprint density at radius 2 is 2.27 bits per heavy atom. The molecule has 1 saturated heterocycles. The van der Waals surface area contributed by atoms with Crippen LogP contribution in [-0.2, 0) is 28.9 Å². The number of nitrogens with zero attached hydrogens (tertiary/aromatic N) is 4. The predicted molar refractivity (Wildman–Crippen MR) is 100 cm³/mol. The molecule has 3 rings (SSSR count). The van der Waals surface area contributed by atoms with Crippen LogP contribution in [0.5, 0.6) is 0 Å². The number of morpholine rings is 1. The molecule has 1 fully saturated rings. The number of rotatable bonds is 7.